The summed E-state index contributed by atoms with van der Waals surface area (Å²) < 4.78 is 0. The number of amides is 2. The average molecular weight is 387 g/mol. The van der Waals surface area contributed by atoms with Gasteiger partial charge in [0.15, 0.2) is 0 Å². The molecule has 1 aliphatic rings. The molecule has 0 spiro atoms. The van der Waals surface area contributed by atoms with Crippen LogP contribution in [0.1, 0.15) is 10.4 Å². The molecule has 0 saturated carbocycles. The Morgan fingerprint density at radius 3 is 1.96 bits per heavy atom. The topological polar surface area (TPSA) is 64.7 Å². The highest BCUT2D eigenvalue weighted by atomic mass is 32.1. The van der Waals surface area contributed by atoms with E-state index in [2.05, 4.69) is 20.4 Å². The van der Waals surface area contributed by atoms with E-state index in [9.17, 15) is 9.59 Å². The smallest absolute Gasteiger partial charge is 0.234 e. The van der Waals surface area contributed by atoms with Crippen LogP contribution in [0.3, 0.4) is 0 Å². The Bertz CT molecular complexity index is 713. The van der Waals surface area contributed by atoms with Crippen molar-refractivity contribution in [2.24, 2.45) is 0 Å². The zero-order valence-corrected chi connectivity index (χ0v) is 16.2. The predicted octanol–water partition coefficient (Wildman–Crippen LogP) is 1.30. The van der Waals surface area contributed by atoms with Gasteiger partial charge in [0.2, 0.25) is 11.8 Å². The molecule has 0 unspecified atom stereocenters. The Kier molecular flexibility index (Phi) is 7.38. The lowest BCUT2D eigenvalue weighted by atomic mass is 10.2. The van der Waals surface area contributed by atoms with Crippen molar-refractivity contribution in [1.82, 2.24) is 20.4 Å². The monoisotopic (exact) mass is 386 g/mol. The predicted molar refractivity (Wildman–Crippen MR) is 107 cm³/mol. The van der Waals surface area contributed by atoms with Gasteiger partial charge in [-0.05, 0) is 17.0 Å². The van der Waals surface area contributed by atoms with E-state index in [1.807, 2.05) is 47.8 Å². The lowest BCUT2D eigenvalue weighted by Gasteiger charge is -2.33. The Hall–Kier alpha value is -2.22. The van der Waals surface area contributed by atoms with Crippen LogP contribution < -0.4 is 10.6 Å². The second-order valence-electron chi connectivity index (χ2n) is 6.67. The lowest BCUT2D eigenvalue weighted by molar-refractivity contribution is -0.125. The first-order valence-electron chi connectivity index (χ1n) is 9.23. The minimum atomic E-state index is 0.0426. The number of nitrogens with one attached hydrogen (secondary N) is 2. The number of hydrogen-bond acceptors (Lipinski definition) is 5. The third kappa shape index (κ3) is 6.78. The maximum Gasteiger partial charge on any atom is 0.234 e. The summed E-state index contributed by atoms with van der Waals surface area (Å²) >= 11 is 1.65. The van der Waals surface area contributed by atoms with Crippen LogP contribution in [0.2, 0.25) is 0 Å². The van der Waals surface area contributed by atoms with E-state index >= 15 is 0 Å². The van der Waals surface area contributed by atoms with Crippen LogP contribution in [-0.2, 0) is 22.7 Å². The zero-order chi connectivity index (χ0) is 18.9. The van der Waals surface area contributed by atoms with Crippen LogP contribution in [0.5, 0.6) is 0 Å². The molecule has 2 N–H and O–H groups in total. The molecule has 1 aromatic carbocycles. The molecule has 1 aliphatic heterocycles. The third-order valence-electron chi connectivity index (χ3n) is 4.57. The number of thiophene rings is 1. The number of benzene rings is 1. The van der Waals surface area contributed by atoms with Gasteiger partial charge in [-0.15, -0.1) is 11.3 Å². The first-order valence-corrected chi connectivity index (χ1v) is 10.1. The molecule has 0 atom stereocenters. The fourth-order valence-corrected chi connectivity index (χ4v) is 3.66. The van der Waals surface area contributed by atoms with Crippen molar-refractivity contribution >= 4 is 23.2 Å². The molecular weight excluding hydrogens is 360 g/mol. The minimum Gasteiger partial charge on any atom is -0.351 e. The van der Waals surface area contributed by atoms with Crippen molar-refractivity contribution < 1.29 is 9.59 Å². The largest absolute Gasteiger partial charge is 0.351 e. The summed E-state index contributed by atoms with van der Waals surface area (Å²) in [4.78, 5) is 29.6. The number of carbonyl (C=O) groups is 2. The van der Waals surface area contributed by atoms with E-state index in [0.717, 1.165) is 36.6 Å². The molecule has 144 valence electrons. The fraction of sp³-hybridized carbons (Fsp3) is 0.400. The fourth-order valence-electron chi connectivity index (χ4n) is 3.02. The molecule has 6 nitrogen and oxygen atoms in total. The molecule has 1 fully saturated rings. The molecular formula is C20H26N4O2S. The summed E-state index contributed by atoms with van der Waals surface area (Å²) in [5.41, 5.74) is 1.10. The molecule has 2 amide bonds. The number of piperazine rings is 1. The number of hydrogen-bond donors (Lipinski definition) is 2. The third-order valence-corrected chi connectivity index (χ3v) is 5.45. The molecule has 2 heterocycles. The van der Waals surface area contributed by atoms with Crippen LogP contribution in [0.15, 0.2) is 47.8 Å². The maximum absolute atomic E-state index is 12.1. The summed E-state index contributed by atoms with van der Waals surface area (Å²) in [6, 6.07) is 13.9. The second-order valence-corrected chi connectivity index (χ2v) is 7.70. The Balaban J connectivity index is 1.30. The first-order chi connectivity index (χ1) is 13.2. The summed E-state index contributed by atoms with van der Waals surface area (Å²) in [6.45, 7) is 5.19. The molecule has 0 bridgehead atoms. The van der Waals surface area contributed by atoms with Gasteiger partial charge in [-0.25, -0.2) is 0 Å². The summed E-state index contributed by atoms with van der Waals surface area (Å²) in [6.07, 6.45) is 0. The van der Waals surface area contributed by atoms with Crippen LogP contribution >= 0.6 is 11.3 Å². The number of carbonyl (C=O) groups excluding carboxylic acids is 2. The highest BCUT2D eigenvalue weighted by Crippen LogP contribution is 2.07. The molecule has 7 heteroatoms. The molecule has 27 heavy (non-hydrogen) atoms. The van der Waals surface area contributed by atoms with Gasteiger partial charge in [-0.3, -0.25) is 19.4 Å². The van der Waals surface area contributed by atoms with Crippen LogP contribution in [0.4, 0.5) is 0 Å². The molecule has 1 aromatic heterocycles. The van der Waals surface area contributed by atoms with E-state index < -0.39 is 0 Å². The van der Waals surface area contributed by atoms with Gasteiger partial charge >= 0.3 is 0 Å². The van der Waals surface area contributed by atoms with Gasteiger partial charge in [0, 0.05) is 37.6 Å². The summed E-state index contributed by atoms with van der Waals surface area (Å²) in [5.74, 6) is 0.0958. The summed E-state index contributed by atoms with van der Waals surface area (Å²) in [5, 5.41) is 7.93. The molecule has 2 aromatic rings. The van der Waals surface area contributed by atoms with E-state index in [1.165, 1.54) is 0 Å². The van der Waals surface area contributed by atoms with Crippen LogP contribution in [-0.4, -0.2) is 60.9 Å². The van der Waals surface area contributed by atoms with Gasteiger partial charge in [0.05, 0.1) is 19.6 Å². The average Bonchev–Trinajstić information content (AvgIpc) is 3.21. The molecule has 0 radical (unpaired) electrons. The van der Waals surface area contributed by atoms with Gasteiger partial charge < -0.3 is 10.6 Å². The zero-order valence-electron chi connectivity index (χ0n) is 15.4. The van der Waals surface area contributed by atoms with E-state index in [-0.39, 0.29) is 11.8 Å². The van der Waals surface area contributed by atoms with E-state index in [4.69, 9.17) is 0 Å². The van der Waals surface area contributed by atoms with Gasteiger partial charge in [0.25, 0.3) is 0 Å². The van der Waals surface area contributed by atoms with Crippen molar-refractivity contribution in [3.63, 3.8) is 0 Å². The Labute approximate surface area is 164 Å². The first kappa shape index (κ1) is 19.5. The Morgan fingerprint density at radius 1 is 0.815 bits per heavy atom. The molecule has 3 rings (SSSR count). The van der Waals surface area contributed by atoms with E-state index in [1.54, 1.807) is 11.3 Å². The van der Waals surface area contributed by atoms with Gasteiger partial charge in [0.1, 0.15) is 0 Å². The quantitative estimate of drug-likeness (QED) is 0.718. The highest BCUT2D eigenvalue weighted by molar-refractivity contribution is 7.09. The normalized spacial score (nSPS) is 15.4. The minimum absolute atomic E-state index is 0.0426. The molecule has 0 aliphatic carbocycles. The summed E-state index contributed by atoms with van der Waals surface area (Å²) in [7, 11) is 0. The SMILES string of the molecule is O=C(CN1CCN(CC(=O)NCc2cccs2)CC1)NCc1ccccc1. The van der Waals surface area contributed by atoms with Crippen LogP contribution in [0.25, 0.3) is 0 Å². The lowest BCUT2D eigenvalue weighted by Crippen LogP contribution is -2.51. The van der Waals surface area contributed by atoms with Crippen LogP contribution in [0, 0.1) is 0 Å². The van der Waals surface area contributed by atoms with Crippen molar-refractivity contribution in [2.45, 2.75) is 13.1 Å². The number of nitrogens with zero attached hydrogens (tertiary/aromatic N) is 2. The highest BCUT2D eigenvalue weighted by Gasteiger charge is 2.20. The van der Waals surface area contributed by atoms with Crippen molar-refractivity contribution in [1.29, 1.82) is 0 Å². The maximum atomic E-state index is 12.1. The second kappa shape index (κ2) is 10.2. The van der Waals surface area contributed by atoms with Crippen molar-refractivity contribution in [3.8, 4) is 0 Å². The van der Waals surface area contributed by atoms with Gasteiger partial charge in [-0.2, -0.15) is 0 Å². The van der Waals surface area contributed by atoms with Gasteiger partial charge in [-0.1, -0.05) is 36.4 Å². The molecule has 1 saturated heterocycles. The number of rotatable bonds is 8. The Morgan fingerprint density at radius 2 is 1.41 bits per heavy atom. The standard InChI is InChI=1S/C20H26N4O2S/c25-19(21-13-17-5-2-1-3-6-17)15-23-8-10-24(11-9-23)16-20(26)22-14-18-7-4-12-27-18/h1-7,12H,8-11,13-16H2,(H,21,25)(H,22,26). The van der Waals surface area contributed by atoms with Crippen molar-refractivity contribution in [2.75, 3.05) is 39.3 Å². The van der Waals surface area contributed by atoms with E-state index in [0.29, 0.717) is 26.2 Å². The van der Waals surface area contributed by atoms with Crippen molar-refractivity contribution in [3.05, 3.63) is 58.3 Å².